The first kappa shape index (κ1) is 16.4. The molecule has 0 fully saturated rings. The highest BCUT2D eigenvalue weighted by molar-refractivity contribution is 5.79. The molecular weight excluding hydrogens is 214 g/mol. The standard InChI is InChI=1S/C13H29N3O/c1-5-6-7-9-16(4)10-8-12(13(14)17)15-11(2)3/h11-12,15H,5-10H2,1-4H3,(H2,14,17). The van der Waals surface area contributed by atoms with E-state index < -0.39 is 0 Å². The minimum Gasteiger partial charge on any atom is -0.368 e. The topological polar surface area (TPSA) is 58.4 Å². The highest BCUT2D eigenvalue weighted by atomic mass is 16.1. The summed E-state index contributed by atoms with van der Waals surface area (Å²) >= 11 is 0. The zero-order chi connectivity index (χ0) is 13.3. The molecule has 4 nitrogen and oxygen atoms in total. The Kier molecular flexibility index (Phi) is 9.09. The van der Waals surface area contributed by atoms with Gasteiger partial charge in [0.05, 0.1) is 6.04 Å². The Morgan fingerprint density at radius 1 is 1.29 bits per heavy atom. The smallest absolute Gasteiger partial charge is 0.234 e. The number of hydrogen-bond acceptors (Lipinski definition) is 3. The van der Waals surface area contributed by atoms with Crippen LogP contribution in [-0.2, 0) is 4.79 Å². The minimum absolute atomic E-state index is 0.205. The number of nitrogens with zero attached hydrogens (tertiary/aromatic N) is 1. The molecular formula is C13H29N3O. The van der Waals surface area contributed by atoms with E-state index in [4.69, 9.17) is 5.73 Å². The lowest BCUT2D eigenvalue weighted by Gasteiger charge is -2.22. The van der Waals surface area contributed by atoms with E-state index in [1.54, 1.807) is 0 Å². The molecule has 0 heterocycles. The molecule has 0 aromatic heterocycles. The molecule has 1 atom stereocenters. The van der Waals surface area contributed by atoms with Crippen LogP contribution < -0.4 is 11.1 Å². The number of primary amides is 1. The van der Waals surface area contributed by atoms with Crippen molar-refractivity contribution in [3.05, 3.63) is 0 Å². The van der Waals surface area contributed by atoms with Gasteiger partial charge < -0.3 is 16.0 Å². The maximum absolute atomic E-state index is 11.2. The SMILES string of the molecule is CCCCCN(C)CCC(NC(C)C)C(N)=O. The molecule has 3 N–H and O–H groups in total. The van der Waals surface area contributed by atoms with E-state index in [2.05, 4.69) is 24.2 Å². The Balaban J connectivity index is 3.83. The zero-order valence-corrected chi connectivity index (χ0v) is 11.8. The van der Waals surface area contributed by atoms with Gasteiger partial charge in [0.25, 0.3) is 0 Å². The first-order chi connectivity index (χ1) is 7.97. The molecule has 0 saturated carbocycles. The van der Waals surface area contributed by atoms with Crippen molar-refractivity contribution < 1.29 is 4.79 Å². The van der Waals surface area contributed by atoms with E-state index in [-0.39, 0.29) is 18.0 Å². The van der Waals surface area contributed by atoms with Crippen LogP contribution in [0, 0.1) is 0 Å². The molecule has 0 bridgehead atoms. The summed E-state index contributed by atoms with van der Waals surface area (Å²) < 4.78 is 0. The van der Waals surface area contributed by atoms with Gasteiger partial charge in [-0.25, -0.2) is 0 Å². The summed E-state index contributed by atoms with van der Waals surface area (Å²) in [6.07, 6.45) is 4.53. The van der Waals surface area contributed by atoms with Gasteiger partial charge in [-0.15, -0.1) is 0 Å². The molecule has 102 valence electrons. The van der Waals surface area contributed by atoms with Crippen LogP contribution in [-0.4, -0.2) is 43.0 Å². The second-order valence-electron chi connectivity index (χ2n) is 5.08. The second kappa shape index (κ2) is 9.42. The summed E-state index contributed by atoms with van der Waals surface area (Å²) in [5, 5.41) is 3.20. The van der Waals surface area contributed by atoms with E-state index in [1.165, 1.54) is 19.3 Å². The predicted molar refractivity (Wildman–Crippen MR) is 72.9 cm³/mol. The number of carbonyl (C=O) groups is 1. The Labute approximate surface area is 106 Å². The zero-order valence-electron chi connectivity index (χ0n) is 11.8. The van der Waals surface area contributed by atoms with E-state index in [9.17, 15) is 4.79 Å². The monoisotopic (exact) mass is 243 g/mol. The first-order valence-corrected chi connectivity index (χ1v) is 6.71. The first-order valence-electron chi connectivity index (χ1n) is 6.71. The molecule has 1 amide bonds. The Hall–Kier alpha value is -0.610. The fourth-order valence-electron chi connectivity index (χ4n) is 1.80. The predicted octanol–water partition coefficient (Wildman–Crippen LogP) is 1.35. The van der Waals surface area contributed by atoms with Crippen LogP contribution >= 0.6 is 0 Å². The van der Waals surface area contributed by atoms with Crippen LogP contribution in [0.1, 0.15) is 46.5 Å². The van der Waals surface area contributed by atoms with Crippen LogP contribution in [0.25, 0.3) is 0 Å². The highest BCUT2D eigenvalue weighted by Gasteiger charge is 2.16. The third-order valence-electron chi connectivity index (χ3n) is 2.82. The molecule has 0 aliphatic rings. The van der Waals surface area contributed by atoms with Crippen LogP contribution in [0.15, 0.2) is 0 Å². The molecule has 0 aliphatic carbocycles. The average molecular weight is 243 g/mol. The normalized spacial score (nSPS) is 13.3. The molecule has 0 aliphatic heterocycles. The Morgan fingerprint density at radius 3 is 2.41 bits per heavy atom. The lowest BCUT2D eigenvalue weighted by Crippen LogP contribution is -2.46. The third kappa shape index (κ3) is 9.12. The second-order valence-corrected chi connectivity index (χ2v) is 5.08. The fraction of sp³-hybridized carbons (Fsp3) is 0.923. The van der Waals surface area contributed by atoms with Gasteiger partial charge in [-0.2, -0.15) is 0 Å². The van der Waals surface area contributed by atoms with Crippen molar-refractivity contribution in [2.24, 2.45) is 5.73 Å². The summed E-state index contributed by atoms with van der Waals surface area (Å²) in [5.74, 6) is -0.249. The maximum atomic E-state index is 11.2. The molecule has 17 heavy (non-hydrogen) atoms. The van der Waals surface area contributed by atoms with E-state index in [0.29, 0.717) is 0 Å². The van der Waals surface area contributed by atoms with Crippen molar-refractivity contribution in [2.45, 2.75) is 58.5 Å². The fourth-order valence-corrected chi connectivity index (χ4v) is 1.80. The molecule has 0 aromatic carbocycles. The number of unbranched alkanes of at least 4 members (excludes halogenated alkanes) is 2. The number of nitrogens with one attached hydrogen (secondary N) is 1. The largest absolute Gasteiger partial charge is 0.368 e. The number of hydrogen-bond donors (Lipinski definition) is 2. The maximum Gasteiger partial charge on any atom is 0.234 e. The van der Waals surface area contributed by atoms with Gasteiger partial charge in [0.15, 0.2) is 0 Å². The molecule has 1 unspecified atom stereocenters. The molecule has 0 saturated heterocycles. The molecule has 0 radical (unpaired) electrons. The van der Waals surface area contributed by atoms with Gasteiger partial charge in [0.1, 0.15) is 0 Å². The minimum atomic E-state index is -0.249. The van der Waals surface area contributed by atoms with Gasteiger partial charge in [-0.05, 0) is 33.0 Å². The van der Waals surface area contributed by atoms with E-state index >= 15 is 0 Å². The number of rotatable bonds is 10. The summed E-state index contributed by atoms with van der Waals surface area (Å²) in [6, 6.07) is 0.0847. The molecule has 0 spiro atoms. The highest BCUT2D eigenvalue weighted by Crippen LogP contribution is 2.00. The van der Waals surface area contributed by atoms with Gasteiger partial charge in [-0.1, -0.05) is 33.6 Å². The number of amides is 1. The van der Waals surface area contributed by atoms with Crippen molar-refractivity contribution in [3.8, 4) is 0 Å². The number of nitrogens with two attached hydrogens (primary N) is 1. The van der Waals surface area contributed by atoms with Crippen LogP contribution in [0.4, 0.5) is 0 Å². The lowest BCUT2D eigenvalue weighted by molar-refractivity contribution is -0.120. The Morgan fingerprint density at radius 2 is 1.94 bits per heavy atom. The summed E-state index contributed by atoms with van der Waals surface area (Å²) in [4.78, 5) is 13.5. The van der Waals surface area contributed by atoms with Gasteiger partial charge >= 0.3 is 0 Å². The summed E-state index contributed by atoms with van der Waals surface area (Å²) in [7, 11) is 2.10. The van der Waals surface area contributed by atoms with Crippen LogP contribution in [0.5, 0.6) is 0 Å². The number of carbonyl (C=O) groups excluding carboxylic acids is 1. The van der Waals surface area contributed by atoms with Crippen molar-refractivity contribution in [1.29, 1.82) is 0 Å². The lowest BCUT2D eigenvalue weighted by atomic mass is 10.1. The van der Waals surface area contributed by atoms with E-state index in [1.807, 2.05) is 13.8 Å². The molecule has 0 aromatic rings. The van der Waals surface area contributed by atoms with Crippen molar-refractivity contribution in [1.82, 2.24) is 10.2 Å². The van der Waals surface area contributed by atoms with Crippen LogP contribution in [0.3, 0.4) is 0 Å². The average Bonchev–Trinajstić information content (AvgIpc) is 2.23. The third-order valence-corrected chi connectivity index (χ3v) is 2.82. The molecule has 4 heteroatoms. The van der Waals surface area contributed by atoms with Crippen LogP contribution in [0.2, 0.25) is 0 Å². The summed E-state index contributed by atoms with van der Waals surface area (Å²) in [6.45, 7) is 8.27. The Bertz CT molecular complexity index is 207. The van der Waals surface area contributed by atoms with Gasteiger partial charge in [0.2, 0.25) is 5.91 Å². The van der Waals surface area contributed by atoms with Gasteiger partial charge in [0, 0.05) is 6.04 Å². The molecule has 0 rings (SSSR count). The van der Waals surface area contributed by atoms with Crippen molar-refractivity contribution in [2.75, 3.05) is 20.1 Å². The van der Waals surface area contributed by atoms with E-state index in [0.717, 1.165) is 19.5 Å². The van der Waals surface area contributed by atoms with Crippen molar-refractivity contribution >= 4 is 5.91 Å². The summed E-state index contributed by atoms with van der Waals surface area (Å²) in [5.41, 5.74) is 5.37. The quantitative estimate of drug-likeness (QED) is 0.569. The van der Waals surface area contributed by atoms with Crippen molar-refractivity contribution in [3.63, 3.8) is 0 Å². The van der Waals surface area contributed by atoms with Gasteiger partial charge in [-0.3, -0.25) is 4.79 Å².